The van der Waals surface area contributed by atoms with Gasteiger partial charge in [0, 0.05) is 36.6 Å². The normalized spacial score (nSPS) is 14.6. The zero-order chi connectivity index (χ0) is 25.5. The van der Waals surface area contributed by atoms with Gasteiger partial charge in [-0.25, -0.2) is 4.98 Å². The summed E-state index contributed by atoms with van der Waals surface area (Å²) >= 11 is 1.46. The van der Waals surface area contributed by atoms with Crippen LogP contribution in [0.5, 0.6) is 11.6 Å². The van der Waals surface area contributed by atoms with Crippen molar-refractivity contribution in [3.05, 3.63) is 65.9 Å². The first-order valence-electron chi connectivity index (χ1n) is 11.6. The number of methoxy groups -OCH3 is 1. The molecule has 4 rings (SSSR count). The Hall–Kier alpha value is -3.74. The summed E-state index contributed by atoms with van der Waals surface area (Å²) in [5.74, 6) is 4.22. The lowest BCUT2D eigenvalue weighted by atomic mass is 10.2. The zero-order valence-corrected chi connectivity index (χ0v) is 21.2. The van der Waals surface area contributed by atoms with Crippen molar-refractivity contribution in [3.63, 3.8) is 0 Å². The van der Waals surface area contributed by atoms with E-state index in [0.717, 1.165) is 47.3 Å². The summed E-state index contributed by atoms with van der Waals surface area (Å²) in [6.07, 6.45) is 7.38. The molecule has 1 aliphatic rings. The van der Waals surface area contributed by atoms with Gasteiger partial charge >= 0.3 is 0 Å². The van der Waals surface area contributed by atoms with Crippen molar-refractivity contribution >= 4 is 23.6 Å². The lowest BCUT2D eigenvalue weighted by molar-refractivity contribution is 0.1000. The third-order valence-electron chi connectivity index (χ3n) is 5.97. The summed E-state index contributed by atoms with van der Waals surface area (Å²) in [6, 6.07) is 14.9. The number of terminal acetylenes is 1. The fourth-order valence-corrected chi connectivity index (χ4v) is 4.64. The summed E-state index contributed by atoms with van der Waals surface area (Å²) in [7, 11) is 1.64. The van der Waals surface area contributed by atoms with Gasteiger partial charge in [0.15, 0.2) is 0 Å². The number of ether oxygens (including phenoxy) is 2. The fourth-order valence-electron chi connectivity index (χ4n) is 3.81. The maximum absolute atomic E-state index is 11.4. The minimum atomic E-state index is -0.460. The maximum Gasteiger partial charge on any atom is 0.248 e. The number of hydrogen-bond donors (Lipinski definition) is 1. The number of nitrogens with zero attached hydrogens (tertiary/aromatic N) is 4. The minimum absolute atomic E-state index is 0.106. The van der Waals surface area contributed by atoms with Crippen LogP contribution in [-0.4, -0.2) is 60.1 Å². The average molecular weight is 504 g/mol. The van der Waals surface area contributed by atoms with Gasteiger partial charge in [-0.15, -0.1) is 6.42 Å². The predicted molar refractivity (Wildman–Crippen MR) is 141 cm³/mol. The van der Waals surface area contributed by atoms with Gasteiger partial charge in [0.1, 0.15) is 12.4 Å². The van der Waals surface area contributed by atoms with E-state index in [1.54, 1.807) is 25.4 Å². The summed E-state index contributed by atoms with van der Waals surface area (Å²) < 4.78 is 11.5. The van der Waals surface area contributed by atoms with Gasteiger partial charge in [-0.3, -0.25) is 9.69 Å². The molecule has 2 heterocycles. The number of anilines is 1. The molecular formula is C27H29N5O3S. The summed E-state index contributed by atoms with van der Waals surface area (Å²) in [6.45, 7) is 5.62. The number of rotatable bonds is 9. The van der Waals surface area contributed by atoms with Crippen LogP contribution in [0.3, 0.4) is 0 Å². The van der Waals surface area contributed by atoms with Crippen molar-refractivity contribution in [2.24, 2.45) is 5.73 Å². The minimum Gasteiger partial charge on any atom is -0.497 e. The Bertz CT molecular complexity index is 1240. The molecule has 1 aliphatic heterocycles. The Balaban J connectivity index is 1.55. The van der Waals surface area contributed by atoms with Crippen LogP contribution in [0.1, 0.15) is 22.8 Å². The van der Waals surface area contributed by atoms with Crippen LogP contribution < -0.4 is 20.1 Å². The lowest BCUT2D eigenvalue weighted by Crippen LogP contribution is -2.49. The zero-order valence-electron chi connectivity index (χ0n) is 20.4. The highest BCUT2D eigenvalue weighted by atomic mass is 32.2. The average Bonchev–Trinajstić information content (AvgIpc) is 2.92. The number of aromatic nitrogens is 2. The molecule has 186 valence electrons. The second-order valence-corrected chi connectivity index (χ2v) is 9.45. The first-order valence-corrected chi connectivity index (χ1v) is 12.4. The molecule has 9 heteroatoms. The van der Waals surface area contributed by atoms with Crippen LogP contribution in [0.4, 0.5) is 5.95 Å². The Morgan fingerprint density at radius 1 is 1.19 bits per heavy atom. The molecule has 0 bridgehead atoms. The first kappa shape index (κ1) is 25.4. The molecule has 3 aromatic rings. The van der Waals surface area contributed by atoms with E-state index < -0.39 is 5.91 Å². The molecule has 1 saturated heterocycles. The van der Waals surface area contributed by atoms with Gasteiger partial charge in [-0.1, -0.05) is 29.8 Å². The van der Waals surface area contributed by atoms with Crippen LogP contribution in [0.15, 0.2) is 64.5 Å². The molecule has 2 aromatic carbocycles. The quantitative estimate of drug-likeness (QED) is 0.444. The third-order valence-corrected chi connectivity index (χ3v) is 6.98. The Morgan fingerprint density at radius 2 is 1.94 bits per heavy atom. The smallest absolute Gasteiger partial charge is 0.248 e. The first-order chi connectivity index (χ1) is 17.5. The number of benzene rings is 2. The Kier molecular flexibility index (Phi) is 8.31. The van der Waals surface area contributed by atoms with Crippen molar-refractivity contribution in [2.75, 3.05) is 38.2 Å². The van der Waals surface area contributed by atoms with Crippen molar-refractivity contribution in [2.45, 2.75) is 29.4 Å². The molecule has 1 aromatic heterocycles. The summed E-state index contributed by atoms with van der Waals surface area (Å²) in [5, 5.41) is 0. The molecule has 1 unspecified atom stereocenters. The van der Waals surface area contributed by atoms with Crippen LogP contribution in [-0.2, 0) is 6.61 Å². The molecule has 0 radical (unpaired) electrons. The molecule has 0 aliphatic carbocycles. The fraction of sp³-hybridized carbons (Fsp3) is 0.296. The van der Waals surface area contributed by atoms with E-state index in [0.29, 0.717) is 24.0 Å². The van der Waals surface area contributed by atoms with Crippen LogP contribution >= 0.6 is 11.8 Å². The summed E-state index contributed by atoms with van der Waals surface area (Å²) in [5.41, 5.74) is 6.79. The van der Waals surface area contributed by atoms with E-state index >= 15 is 0 Å². The number of amides is 1. The molecule has 36 heavy (non-hydrogen) atoms. The number of piperazine rings is 1. The lowest BCUT2D eigenvalue weighted by Gasteiger charge is -2.36. The molecular weight excluding hydrogens is 474 g/mol. The van der Waals surface area contributed by atoms with Gasteiger partial charge < -0.3 is 20.1 Å². The van der Waals surface area contributed by atoms with Crippen LogP contribution in [0, 0.1) is 12.3 Å². The topological polar surface area (TPSA) is 93.8 Å². The monoisotopic (exact) mass is 503 g/mol. The molecule has 8 nitrogen and oxygen atoms in total. The van der Waals surface area contributed by atoms with Gasteiger partial charge in [0.05, 0.1) is 24.2 Å². The molecule has 1 fully saturated rings. The van der Waals surface area contributed by atoms with Crippen molar-refractivity contribution < 1.29 is 14.3 Å². The highest BCUT2D eigenvalue weighted by molar-refractivity contribution is 7.99. The van der Waals surface area contributed by atoms with E-state index in [9.17, 15) is 4.79 Å². The summed E-state index contributed by atoms with van der Waals surface area (Å²) in [4.78, 5) is 26.9. The standard InChI is InChI=1S/C27H29N5O3S/c1-4-19(2)31-12-14-32(15-13-31)27-29-17-24(36-23-10-8-21(9-11-23)25(28)33)26(30-27)35-18-20-6-5-7-22(16-20)34-3/h1,5-11,16-17,19H,12-15,18H2,2-3H3,(H2,28,33). The largest absolute Gasteiger partial charge is 0.497 e. The predicted octanol–water partition coefficient (Wildman–Crippen LogP) is 3.46. The number of carbonyl (C=O) groups excluding carboxylic acids is 1. The molecule has 0 spiro atoms. The van der Waals surface area contributed by atoms with E-state index in [2.05, 4.69) is 20.7 Å². The molecule has 0 saturated carbocycles. The number of nitrogens with two attached hydrogens (primary N) is 1. The van der Waals surface area contributed by atoms with E-state index in [4.69, 9.17) is 26.6 Å². The number of hydrogen-bond acceptors (Lipinski definition) is 8. The highest BCUT2D eigenvalue weighted by Crippen LogP contribution is 2.35. The van der Waals surface area contributed by atoms with E-state index in [1.807, 2.05) is 43.3 Å². The van der Waals surface area contributed by atoms with E-state index in [1.165, 1.54) is 11.8 Å². The SMILES string of the molecule is C#CC(C)N1CCN(c2ncc(Sc3ccc(C(N)=O)cc3)c(OCc3cccc(OC)c3)n2)CC1. The van der Waals surface area contributed by atoms with Crippen LogP contribution in [0.2, 0.25) is 0 Å². The molecule has 1 atom stereocenters. The van der Waals surface area contributed by atoms with Crippen molar-refractivity contribution in [1.29, 1.82) is 0 Å². The molecule has 1 amide bonds. The van der Waals surface area contributed by atoms with Gasteiger partial charge in [-0.05, 0) is 48.9 Å². The number of primary amides is 1. The number of carbonyl (C=O) groups is 1. The second-order valence-electron chi connectivity index (χ2n) is 8.34. The van der Waals surface area contributed by atoms with Gasteiger partial charge in [-0.2, -0.15) is 4.98 Å². The Morgan fingerprint density at radius 3 is 2.61 bits per heavy atom. The van der Waals surface area contributed by atoms with Crippen molar-refractivity contribution in [3.8, 4) is 24.0 Å². The van der Waals surface area contributed by atoms with Gasteiger partial charge in [0.25, 0.3) is 0 Å². The van der Waals surface area contributed by atoms with E-state index in [-0.39, 0.29) is 6.04 Å². The van der Waals surface area contributed by atoms with Gasteiger partial charge in [0.2, 0.25) is 17.7 Å². The second kappa shape index (κ2) is 11.8. The third kappa shape index (κ3) is 6.27. The van der Waals surface area contributed by atoms with Crippen LogP contribution in [0.25, 0.3) is 0 Å². The highest BCUT2D eigenvalue weighted by Gasteiger charge is 2.23. The maximum atomic E-state index is 11.4. The van der Waals surface area contributed by atoms with Crippen molar-refractivity contribution in [1.82, 2.24) is 14.9 Å². The Labute approximate surface area is 215 Å². The molecule has 2 N–H and O–H groups in total.